The fraction of sp³-hybridized carbons (Fsp3) is 0.600. The van der Waals surface area contributed by atoms with Crippen molar-refractivity contribution in [1.82, 2.24) is 0 Å². The van der Waals surface area contributed by atoms with Gasteiger partial charge >= 0.3 is 5.97 Å². The molecule has 1 aromatic carbocycles. The lowest BCUT2D eigenvalue weighted by Gasteiger charge is -2.56. The maximum absolute atomic E-state index is 12.3. The molecule has 4 fully saturated rings. The highest BCUT2D eigenvalue weighted by Gasteiger charge is 2.51. The van der Waals surface area contributed by atoms with Crippen molar-refractivity contribution in [3.05, 3.63) is 30.3 Å². The monoisotopic (exact) mass is 344 g/mol. The molecule has 1 aromatic rings. The van der Waals surface area contributed by atoms with Crippen LogP contribution >= 0.6 is 11.8 Å². The van der Waals surface area contributed by atoms with Crippen molar-refractivity contribution < 1.29 is 14.3 Å². The average molecular weight is 344 g/mol. The van der Waals surface area contributed by atoms with E-state index in [2.05, 4.69) is 0 Å². The minimum Gasteiger partial charge on any atom is -0.457 e. The number of carbonyl (C=O) groups excluding carboxylic acids is 2. The van der Waals surface area contributed by atoms with E-state index >= 15 is 0 Å². The van der Waals surface area contributed by atoms with Crippen molar-refractivity contribution in [2.24, 2.45) is 23.2 Å². The van der Waals surface area contributed by atoms with Crippen LogP contribution in [0.3, 0.4) is 0 Å². The second-order valence-corrected chi connectivity index (χ2v) is 9.17. The second-order valence-electron chi connectivity index (χ2n) is 8.04. The molecule has 4 bridgehead atoms. The Morgan fingerprint density at radius 1 is 1.00 bits per heavy atom. The lowest BCUT2D eigenvalue weighted by molar-refractivity contribution is -0.153. The highest BCUT2D eigenvalue weighted by molar-refractivity contribution is 8.13. The Morgan fingerprint density at radius 3 is 2.17 bits per heavy atom. The molecule has 0 radical (unpaired) electrons. The summed E-state index contributed by atoms with van der Waals surface area (Å²) in [7, 11) is 0. The number of benzene rings is 1. The first-order valence-electron chi connectivity index (χ1n) is 9.02. The van der Waals surface area contributed by atoms with Gasteiger partial charge in [0.2, 0.25) is 5.12 Å². The molecule has 0 aliphatic heterocycles. The topological polar surface area (TPSA) is 43.4 Å². The largest absolute Gasteiger partial charge is 0.457 e. The van der Waals surface area contributed by atoms with Gasteiger partial charge in [-0.3, -0.25) is 9.59 Å². The zero-order valence-electron chi connectivity index (χ0n) is 13.9. The van der Waals surface area contributed by atoms with Crippen LogP contribution in [0.5, 0.6) is 0 Å². The molecule has 0 aromatic heterocycles. The van der Waals surface area contributed by atoms with Gasteiger partial charge in [-0.2, -0.15) is 0 Å². The zero-order valence-corrected chi connectivity index (χ0v) is 14.7. The third-order valence-corrected chi connectivity index (χ3v) is 6.86. The fourth-order valence-electron chi connectivity index (χ4n) is 5.65. The van der Waals surface area contributed by atoms with E-state index in [1.54, 1.807) is 0 Å². The van der Waals surface area contributed by atoms with E-state index in [9.17, 15) is 9.59 Å². The van der Waals surface area contributed by atoms with Crippen LogP contribution in [-0.4, -0.2) is 17.7 Å². The molecule has 0 N–H and O–H groups in total. The molecule has 4 aliphatic rings. The number of esters is 1. The smallest absolute Gasteiger partial charge is 0.306 e. The molecule has 4 saturated carbocycles. The third-order valence-electron chi connectivity index (χ3n) is 6.01. The number of rotatable bonds is 5. The third kappa shape index (κ3) is 3.53. The molecular formula is C20H24O3S. The highest BCUT2D eigenvalue weighted by atomic mass is 32.2. The number of thioether (sulfide) groups is 1. The van der Waals surface area contributed by atoms with E-state index in [1.807, 2.05) is 30.3 Å². The quantitative estimate of drug-likeness (QED) is 0.584. The Kier molecular flexibility index (Phi) is 4.42. The van der Waals surface area contributed by atoms with Gasteiger partial charge in [0, 0.05) is 4.90 Å². The maximum atomic E-state index is 12.3. The second kappa shape index (κ2) is 6.55. The number of hydrogen-bond acceptors (Lipinski definition) is 4. The molecule has 0 unspecified atom stereocenters. The van der Waals surface area contributed by atoms with E-state index < -0.39 is 0 Å². The first-order chi connectivity index (χ1) is 11.6. The normalized spacial score (nSPS) is 33.4. The summed E-state index contributed by atoms with van der Waals surface area (Å²) in [6.45, 7) is -0.120. The van der Waals surface area contributed by atoms with Crippen LogP contribution in [0, 0.1) is 23.2 Å². The predicted octanol–water partition coefficient (Wildman–Crippen LogP) is 4.46. The summed E-state index contributed by atoms with van der Waals surface area (Å²) in [6, 6.07) is 9.49. The minimum absolute atomic E-state index is 0.111. The first kappa shape index (κ1) is 16.2. The van der Waals surface area contributed by atoms with Crippen LogP contribution in [0.2, 0.25) is 0 Å². The van der Waals surface area contributed by atoms with Crippen molar-refractivity contribution >= 4 is 22.8 Å². The molecule has 4 heteroatoms. The summed E-state index contributed by atoms with van der Waals surface area (Å²) >= 11 is 1.14. The van der Waals surface area contributed by atoms with E-state index in [4.69, 9.17) is 4.74 Å². The molecule has 128 valence electrons. The molecule has 0 heterocycles. The summed E-state index contributed by atoms with van der Waals surface area (Å²) < 4.78 is 5.31. The van der Waals surface area contributed by atoms with Crippen LogP contribution in [0.15, 0.2) is 35.2 Å². The van der Waals surface area contributed by atoms with E-state index in [0.29, 0.717) is 6.42 Å². The SMILES string of the molecule is O=C(CC12CC3CC(CC(C3)C1)C2)OCC(=O)Sc1ccccc1. The van der Waals surface area contributed by atoms with Crippen molar-refractivity contribution in [3.8, 4) is 0 Å². The van der Waals surface area contributed by atoms with E-state index in [1.165, 1.54) is 38.5 Å². The molecule has 24 heavy (non-hydrogen) atoms. The Morgan fingerprint density at radius 2 is 1.58 bits per heavy atom. The zero-order chi connectivity index (χ0) is 16.6. The maximum Gasteiger partial charge on any atom is 0.306 e. The van der Waals surface area contributed by atoms with Crippen LogP contribution in [0.4, 0.5) is 0 Å². The molecular weight excluding hydrogens is 320 g/mol. The first-order valence-corrected chi connectivity index (χ1v) is 9.83. The molecule has 5 rings (SSSR count). The summed E-state index contributed by atoms with van der Waals surface area (Å²) in [4.78, 5) is 25.2. The lowest BCUT2D eigenvalue weighted by Crippen LogP contribution is -2.47. The van der Waals surface area contributed by atoms with Crippen molar-refractivity contribution in [1.29, 1.82) is 0 Å². The van der Waals surface area contributed by atoms with Crippen LogP contribution in [0.25, 0.3) is 0 Å². The van der Waals surface area contributed by atoms with Crippen molar-refractivity contribution in [2.45, 2.75) is 49.8 Å². The molecule has 0 atom stereocenters. The summed E-state index contributed by atoms with van der Waals surface area (Å²) in [6.07, 6.45) is 8.23. The Labute approximate surface area is 147 Å². The highest BCUT2D eigenvalue weighted by Crippen LogP contribution is 2.61. The molecule has 0 saturated heterocycles. The van der Waals surface area contributed by atoms with Crippen LogP contribution < -0.4 is 0 Å². The number of carbonyl (C=O) groups is 2. The van der Waals surface area contributed by atoms with Gasteiger partial charge in [-0.25, -0.2) is 0 Å². The standard InChI is InChI=1S/C20H24O3S/c21-18(23-13-19(22)24-17-4-2-1-3-5-17)12-20-9-14-6-15(10-20)8-16(7-14)11-20/h1-5,14-16H,6-13H2. The number of ether oxygens (including phenoxy) is 1. The minimum atomic E-state index is -0.182. The molecule has 0 amide bonds. The molecule has 4 aliphatic carbocycles. The lowest BCUT2D eigenvalue weighted by atomic mass is 9.49. The number of hydrogen-bond donors (Lipinski definition) is 0. The van der Waals surface area contributed by atoms with Crippen molar-refractivity contribution in [2.75, 3.05) is 6.61 Å². The van der Waals surface area contributed by atoms with Gasteiger partial charge < -0.3 is 4.74 Å². The Bertz CT molecular complexity index is 590. The summed E-state index contributed by atoms with van der Waals surface area (Å²) in [5, 5.41) is -0.111. The van der Waals surface area contributed by atoms with E-state index in [-0.39, 0.29) is 23.1 Å². The summed E-state index contributed by atoms with van der Waals surface area (Å²) in [5.41, 5.74) is 0.182. The molecule has 0 spiro atoms. The van der Waals surface area contributed by atoms with Crippen LogP contribution in [0.1, 0.15) is 44.9 Å². The van der Waals surface area contributed by atoms with Crippen LogP contribution in [-0.2, 0) is 14.3 Å². The van der Waals surface area contributed by atoms with Gasteiger partial charge in [-0.15, -0.1) is 0 Å². The average Bonchev–Trinajstić information content (AvgIpc) is 2.52. The Hall–Kier alpha value is -1.29. The van der Waals surface area contributed by atoms with Gasteiger partial charge in [0.05, 0.1) is 6.42 Å². The van der Waals surface area contributed by atoms with Gasteiger partial charge in [0.15, 0.2) is 6.61 Å². The van der Waals surface area contributed by atoms with Gasteiger partial charge in [0.25, 0.3) is 0 Å². The van der Waals surface area contributed by atoms with Gasteiger partial charge in [-0.05, 0) is 85.6 Å². The summed E-state index contributed by atoms with van der Waals surface area (Å²) in [5.74, 6) is 2.32. The fourth-order valence-corrected chi connectivity index (χ4v) is 6.33. The van der Waals surface area contributed by atoms with Crippen molar-refractivity contribution in [3.63, 3.8) is 0 Å². The van der Waals surface area contributed by atoms with Gasteiger partial charge in [-0.1, -0.05) is 18.2 Å². The Balaban J connectivity index is 1.27. The molecule has 3 nitrogen and oxygen atoms in total. The van der Waals surface area contributed by atoms with Gasteiger partial charge in [0.1, 0.15) is 0 Å². The van der Waals surface area contributed by atoms with E-state index in [0.717, 1.165) is 34.4 Å². The predicted molar refractivity (Wildman–Crippen MR) is 93.5 cm³/mol.